The third-order valence-corrected chi connectivity index (χ3v) is 7.16. The van der Waals surface area contributed by atoms with Crippen molar-refractivity contribution in [3.05, 3.63) is 71.9 Å². The third kappa shape index (κ3) is 10.6. The lowest BCUT2D eigenvalue weighted by atomic mass is 10.0. The minimum absolute atomic E-state index is 0.0741. The first-order valence-electron chi connectivity index (χ1n) is 15.2. The van der Waals surface area contributed by atoms with Crippen molar-refractivity contribution < 1.29 is 38.6 Å². The largest absolute Gasteiger partial charge is 0.480 e. The van der Waals surface area contributed by atoms with Gasteiger partial charge in [-0.3, -0.25) is 14.4 Å². The van der Waals surface area contributed by atoms with Crippen LogP contribution in [0.5, 0.6) is 0 Å². The number of aromatic nitrogens is 1. The maximum absolute atomic E-state index is 13.7. The molecule has 0 bridgehead atoms. The Balaban J connectivity index is 1.84. The molecule has 46 heavy (non-hydrogen) atoms. The van der Waals surface area contributed by atoms with Gasteiger partial charge in [0.15, 0.2) is 0 Å². The summed E-state index contributed by atoms with van der Waals surface area (Å²) in [5, 5.41) is 18.3. The highest BCUT2D eigenvalue weighted by Crippen LogP contribution is 2.22. The number of benzene rings is 2. The summed E-state index contributed by atoms with van der Waals surface area (Å²) < 4.78 is 12.6. The number of rotatable bonds is 14. The number of hydrogen-bond donors (Lipinski definition) is 4. The van der Waals surface area contributed by atoms with Gasteiger partial charge in [0.1, 0.15) is 30.3 Å². The normalized spacial score (nSPS) is 13.4. The van der Waals surface area contributed by atoms with E-state index in [1.54, 1.807) is 58.9 Å². The summed E-state index contributed by atoms with van der Waals surface area (Å²) in [5.74, 6) is -3.95. The molecule has 248 valence electrons. The number of fused-ring (bicyclic) bond motifs is 1. The van der Waals surface area contributed by atoms with Gasteiger partial charge in [-0.2, -0.15) is 0 Å². The Hall–Kier alpha value is -4.87. The zero-order chi connectivity index (χ0) is 34.0. The smallest absolute Gasteiger partial charge is 0.408 e. The van der Waals surface area contributed by atoms with Gasteiger partial charge in [0.05, 0.1) is 6.42 Å². The first-order valence-corrected chi connectivity index (χ1v) is 15.2. The highest BCUT2D eigenvalue weighted by atomic mass is 16.6. The Bertz CT molecular complexity index is 1530. The van der Waals surface area contributed by atoms with Crippen LogP contribution in [0.4, 0.5) is 4.79 Å². The molecule has 12 nitrogen and oxygen atoms in total. The monoisotopic (exact) mass is 636 g/mol. The number of aryl methyl sites for hydroxylation is 2. The number of carbonyl (C=O) groups excluding carboxylic acids is 4. The van der Waals surface area contributed by atoms with Crippen molar-refractivity contribution in [1.82, 2.24) is 20.5 Å². The number of ether oxygens (including phenoxy) is 2. The zero-order valence-corrected chi connectivity index (χ0v) is 27.2. The van der Waals surface area contributed by atoms with Gasteiger partial charge >= 0.3 is 18.0 Å². The van der Waals surface area contributed by atoms with Gasteiger partial charge in [0, 0.05) is 24.1 Å². The van der Waals surface area contributed by atoms with Crippen LogP contribution >= 0.6 is 0 Å². The second-order valence-corrected chi connectivity index (χ2v) is 12.5. The number of hydrogen-bond acceptors (Lipinski definition) is 7. The molecule has 4 N–H and O–H groups in total. The lowest BCUT2D eigenvalue weighted by Crippen LogP contribution is -2.57. The summed E-state index contributed by atoms with van der Waals surface area (Å²) in [4.78, 5) is 64.5. The van der Waals surface area contributed by atoms with E-state index < -0.39 is 65.9 Å². The van der Waals surface area contributed by atoms with Gasteiger partial charge in [0.25, 0.3) is 0 Å². The predicted molar refractivity (Wildman–Crippen MR) is 172 cm³/mol. The fourth-order valence-corrected chi connectivity index (χ4v) is 4.90. The van der Waals surface area contributed by atoms with E-state index in [1.807, 2.05) is 48.1 Å². The minimum Gasteiger partial charge on any atom is -0.480 e. The second kappa shape index (κ2) is 15.9. The van der Waals surface area contributed by atoms with Crippen molar-refractivity contribution in [3.63, 3.8) is 0 Å². The van der Waals surface area contributed by atoms with Gasteiger partial charge in [-0.05, 0) is 56.7 Å². The molecule has 0 unspecified atom stereocenters. The second-order valence-electron chi connectivity index (χ2n) is 12.5. The molecule has 0 saturated carbocycles. The van der Waals surface area contributed by atoms with Crippen LogP contribution in [0.2, 0.25) is 0 Å². The maximum Gasteiger partial charge on any atom is 0.408 e. The summed E-state index contributed by atoms with van der Waals surface area (Å²) in [5.41, 5.74) is 1.78. The van der Waals surface area contributed by atoms with Crippen LogP contribution in [0.3, 0.4) is 0 Å². The molecule has 3 amide bonds. The SMILES string of the molecule is CC(C)[C@H](NC(=O)[C@H](CCc1cn(C)c2ccccc12)NC(=O)[C@H](CC(=O)OC(C)(C)C)NC(=O)OCc1ccccc1)C(=O)O. The van der Waals surface area contributed by atoms with Crippen molar-refractivity contribution in [2.75, 3.05) is 0 Å². The summed E-state index contributed by atoms with van der Waals surface area (Å²) in [6, 6.07) is 12.8. The van der Waals surface area contributed by atoms with Crippen LogP contribution in [0, 0.1) is 5.92 Å². The summed E-state index contributed by atoms with van der Waals surface area (Å²) in [6.07, 6.45) is 0.918. The molecule has 0 aliphatic heterocycles. The Morgan fingerprint density at radius 2 is 1.50 bits per heavy atom. The van der Waals surface area contributed by atoms with E-state index in [2.05, 4.69) is 16.0 Å². The first kappa shape index (κ1) is 35.6. The summed E-state index contributed by atoms with van der Waals surface area (Å²) in [6.45, 7) is 8.25. The molecule has 2 aromatic carbocycles. The fourth-order valence-electron chi connectivity index (χ4n) is 4.90. The number of alkyl carbamates (subject to hydrolysis) is 1. The van der Waals surface area contributed by atoms with E-state index in [0.29, 0.717) is 12.0 Å². The molecular weight excluding hydrogens is 592 g/mol. The van der Waals surface area contributed by atoms with Crippen LogP contribution < -0.4 is 16.0 Å². The van der Waals surface area contributed by atoms with Crippen molar-refractivity contribution >= 4 is 40.7 Å². The molecular formula is C34H44N4O8. The lowest BCUT2D eigenvalue weighted by molar-refractivity contribution is -0.156. The number of carboxylic acids is 1. The average Bonchev–Trinajstić information content (AvgIpc) is 3.30. The number of nitrogens with zero attached hydrogens (tertiary/aromatic N) is 1. The number of carboxylic acid groups (broad SMARTS) is 1. The van der Waals surface area contributed by atoms with Crippen LogP contribution in [-0.2, 0) is 48.7 Å². The Morgan fingerprint density at radius 3 is 2.13 bits per heavy atom. The molecule has 1 aromatic heterocycles. The van der Waals surface area contributed by atoms with Gasteiger partial charge in [-0.1, -0.05) is 62.4 Å². The first-order chi connectivity index (χ1) is 21.6. The van der Waals surface area contributed by atoms with E-state index in [0.717, 1.165) is 16.5 Å². The van der Waals surface area contributed by atoms with Crippen molar-refractivity contribution in [1.29, 1.82) is 0 Å². The third-order valence-electron chi connectivity index (χ3n) is 7.16. The highest BCUT2D eigenvalue weighted by molar-refractivity contribution is 5.94. The van der Waals surface area contributed by atoms with Crippen LogP contribution in [0.1, 0.15) is 58.6 Å². The molecule has 3 rings (SSSR count). The molecule has 0 saturated heterocycles. The van der Waals surface area contributed by atoms with E-state index in [1.165, 1.54) is 0 Å². The Kier molecular flexibility index (Phi) is 12.3. The number of para-hydroxylation sites is 1. The van der Waals surface area contributed by atoms with Crippen molar-refractivity contribution in [2.24, 2.45) is 13.0 Å². The number of esters is 1. The van der Waals surface area contributed by atoms with E-state index in [-0.39, 0.29) is 13.0 Å². The molecule has 0 fully saturated rings. The predicted octanol–water partition coefficient (Wildman–Crippen LogP) is 3.85. The van der Waals surface area contributed by atoms with Crippen molar-refractivity contribution in [2.45, 2.75) is 84.2 Å². The average molecular weight is 637 g/mol. The van der Waals surface area contributed by atoms with E-state index in [9.17, 15) is 29.1 Å². The fraction of sp³-hybridized carbons (Fsp3) is 0.441. The number of amides is 3. The molecule has 0 aliphatic carbocycles. The molecule has 0 spiro atoms. The quantitative estimate of drug-likeness (QED) is 0.194. The van der Waals surface area contributed by atoms with Crippen LogP contribution in [0.15, 0.2) is 60.8 Å². The lowest BCUT2D eigenvalue weighted by Gasteiger charge is -2.26. The minimum atomic E-state index is -1.45. The van der Waals surface area contributed by atoms with E-state index in [4.69, 9.17) is 9.47 Å². The topological polar surface area (TPSA) is 165 Å². The molecule has 0 aliphatic rings. The number of carbonyl (C=O) groups is 5. The van der Waals surface area contributed by atoms with Gasteiger partial charge in [-0.25, -0.2) is 9.59 Å². The number of nitrogens with one attached hydrogen (secondary N) is 3. The van der Waals surface area contributed by atoms with Crippen LogP contribution in [0.25, 0.3) is 10.9 Å². The maximum atomic E-state index is 13.7. The molecule has 0 radical (unpaired) electrons. The summed E-state index contributed by atoms with van der Waals surface area (Å²) in [7, 11) is 1.90. The van der Waals surface area contributed by atoms with Gasteiger partial charge in [0.2, 0.25) is 11.8 Å². The molecule has 3 aromatic rings. The Morgan fingerprint density at radius 1 is 0.870 bits per heavy atom. The molecule has 12 heteroatoms. The Labute approximate surface area is 268 Å². The zero-order valence-electron chi connectivity index (χ0n) is 27.2. The molecule has 3 atom stereocenters. The summed E-state index contributed by atoms with van der Waals surface area (Å²) >= 11 is 0. The van der Waals surface area contributed by atoms with Gasteiger partial charge in [-0.15, -0.1) is 0 Å². The number of aliphatic carboxylic acids is 1. The van der Waals surface area contributed by atoms with Crippen molar-refractivity contribution in [3.8, 4) is 0 Å². The van der Waals surface area contributed by atoms with E-state index >= 15 is 0 Å². The van der Waals surface area contributed by atoms with Crippen LogP contribution in [-0.4, -0.2) is 63.2 Å². The highest BCUT2D eigenvalue weighted by Gasteiger charge is 2.33. The van der Waals surface area contributed by atoms with Gasteiger partial charge < -0.3 is 35.1 Å². The standard InChI is InChI=1S/C34H44N4O8/c1-21(2)29(32(42)43)37-30(40)25(17-16-23-19-38(6)27-15-11-10-14-24(23)27)35-31(41)26(18-28(39)46-34(3,4)5)36-33(44)45-20-22-12-8-7-9-13-22/h7-15,19,21,25-26,29H,16-18,20H2,1-6H3,(H,35,41)(H,36,44)(H,37,40)(H,42,43)/t25-,26-,29-/m0/s1. The molecule has 1 heterocycles.